The third-order valence-electron chi connectivity index (χ3n) is 4.78. The Kier molecular flexibility index (Phi) is 6.16. The number of carbonyl (C=O) groups is 1. The lowest BCUT2D eigenvalue weighted by Gasteiger charge is -2.33. The van der Waals surface area contributed by atoms with Gasteiger partial charge in [-0.2, -0.15) is 0 Å². The maximum Gasteiger partial charge on any atom is 0.254 e. The van der Waals surface area contributed by atoms with E-state index in [1.54, 1.807) is 0 Å². The molecule has 0 unspecified atom stereocenters. The monoisotopic (exact) mass is 353 g/mol. The summed E-state index contributed by atoms with van der Waals surface area (Å²) in [6.45, 7) is 6.04. The van der Waals surface area contributed by atoms with Crippen LogP contribution in [0.4, 0.5) is 0 Å². The summed E-state index contributed by atoms with van der Waals surface area (Å²) in [5.41, 5.74) is 1.74. The number of hydrogen-bond acceptors (Lipinski definition) is 3. The average molecular weight is 353 g/mol. The second-order valence-corrected chi connectivity index (χ2v) is 6.74. The van der Waals surface area contributed by atoms with Crippen molar-refractivity contribution >= 4 is 5.91 Å². The van der Waals surface area contributed by atoms with Gasteiger partial charge in [-0.05, 0) is 75.1 Å². The highest BCUT2D eigenvalue weighted by molar-refractivity contribution is 5.94. The number of rotatable bonds is 6. The van der Waals surface area contributed by atoms with Crippen LogP contribution in [0.1, 0.15) is 49.0 Å². The SMILES string of the molecule is CCOc1ccc(OCc2cccc(C(=O)N3CCCC[C@H]3C)c2)cc1. The first-order valence-corrected chi connectivity index (χ1v) is 9.43. The van der Waals surface area contributed by atoms with Crippen molar-refractivity contribution in [3.05, 3.63) is 59.7 Å². The Balaban J connectivity index is 1.62. The van der Waals surface area contributed by atoms with Crippen molar-refractivity contribution in [3.8, 4) is 11.5 Å². The molecule has 2 aromatic rings. The average Bonchev–Trinajstić information content (AvgIpc) is 2.68. The number of likely N-dealkylation sites (tertiary alicyclic amines) is 1. The molecule has 138 valence electrons. The van der Waals surface area contributed by atoms with Gasteiger partial charge in [-0.25, -0.2) is 0 Å². The van der Waals surface area contributed by atoms with Gasteiger partial charge in [0.1, 0.15) is 18.1 Å². The van der Waals surface area contributed by atoms with E-state index in [9.17, 15) is 4.79 Å². The largest absolute Gasteiger partial charge is 0.494 e. The highest BCUT2D eigenvalue weighted by atomic mass is 16.5. The maximum absolute atomic E-state index is 12.8. The molecule has 1 fully saturated rings. The van der Waals surface area contributed by atoms with Crippen molar-refractivity contribution in [1.29, 1.82) is 0 Å². The number of ether oxygens (including phenoxy) is 2. The second-order valence-electron chi connectivity index (χ2n) is 6.74. The van der Waals surface area contributed by atoms with Crippen LogP contribution in [0.3, 0.4) is 0 Å². The van der Waals surface area contributed by atoms with Crippen molar-refractivity contribution in [2.75, 3.05) is 13.2 Å². The number of nitrogens with zero attached hydrogens (tertiary/aromatic N) is 1. The molecule has 1 atom stereocenters. The van der Waals surface area contributed by atoms with Crippen LogP contribution in [-0.4, -0.2) is 30.0 Å². The van der Waals surface area contributed by atoms with Crippen LogP contribution in [0.2, 0.25) is 0 Å². The summed E-state index contributed by atoms with van der Waals surface area (Å²) in [7, 11) is 0. The lowest BCUT2D eigenvalue weighted by molar-refractivity contribution is 0.0635. The van der Waals surface area contributed by atoms with E-state index in [-0.39, 0.29) is 5.91 Å². The minimum atomic E-state index is 0.125. The molecular formula is C22H27NO3. The van der Waals surface area contributed by atoms with E-state index in [0.29, 0.717) is 19.3 Å². The Hall–Kier alpha value is -2.49. The summed E-state index contributed by atoms with van der Waals surface area (Å²) in [4.78, 5) is 14.8. The minimum absolute atomic E-state index is 0.125. The molecule has 2 aromatic carbocycles. The Bertz CT molecular complexity index is 726. The number of amides is 1. The summed E-state index contributed by atoms with van der Waals surface area (Å²) in [6.07, 6.45) is 3.39. The van der Waals surface area contributed by atoms with E-state index in [0.717, 1.165) is 42.0 Å². The summed E-state index contributed by atoms with van der Waals surface area (Å²) in [5.74, 6) is 1.75. The van der Waals surface area contributed by atoms with Crippen LogP contribution < -0.4 is 9.47 Å². The first kappa shape index (κ1) is 18.3. The Morgan fingerprint density at radius 2 is 1.81 bits per heavy atom. The molecule has 0 bridgehead atoms. The van der Waals surface area contributed by atoms with E-state index < -0.39 is 0 Å². The van der Waals surface area contributed by atoms with Gasteiger partial charge in [0.15, 0.2) is 0 Å². The second kappa shape index (κ2) is 8.75. The van der Waals surface area contributed by atoms with Crippen molar-refractivity contribution in [2.24, 2.45) is 0 Å². The molecule has 1 heterocycles. The van der Waals surface area contributed by atoms with Gasteiger partial charge in [-0.15, -0.1) is 0 Å². The summed E-state index contributed by atoms with van der Waals surface area (Å²) >= 11 is 0. The normalized spacial score (nSPS) is 17.0. The molecule has 1 aliphatic heterocycles. The van der Waals surface area contributed by atoms with Crippen LogP contribution in [0.5, 0.6) is 11.5 Å². The number of benzene rings is 2. The molecule has 3 rings (SSSR count). The van der Waals surface area contributed by atoms with Crippen LogP contribution in [0.15, 0.2) is 48.5 Å². The molecule has 0 aliphatic carbocycles. The van der Waals surface area contributed by atoms with E-state index in [1.165, 1.54) is 6.42 Å². The van der Waals surface area contributed by atoms with E-state index in [1.807, 2.05) is 60.4 Å². The van der Waals surface area contributed by atoms with Gasteiger partial charge in [-0.3, -0.25) is 4.79 Å². The van der Waals surface area contributed by atoms with E-state index in [4.69, 9.17) is 9.47 Å². The summed E-state index contributed by atoms with van der Waals surface area (Å²) < 4.78 is 11.3. The number of piperidine rings is 1. The highest BCUT2D eigenvalue weighted by Gasteiger charge is 2.24. The van der Waals surface area contributed by atoms with Crippen molar-refractivity contribution < 1.29 is 14.3 Å². The van der Waals surface area contributed by atoms with E-state index in [2.05, 4.69) is 6.92 Å². The summed E-state index contributed by atoms with van der Waals surface area (Å²) in [6, 6.07) is 15.7. The minimum Gasteiger partial charge on any atom is -0.494 e. The first-order valence-electron chi connectivity index (χ1n) is 9.43. The Morgan fingerprint density at radius 3 is 2.50 bits per heavy atom. The number of hydrogen-bond donors (Lipinski definition) is 0. The quantitative estimate of drug-likeness (QED) is 0.757. The zero-order valence-corrected chi connectivity index (χ0v) is 15.6. The third kappa shape index (κ3) is 4.57. The van der Waals surface area contributed by atoms with Crippen LogP contribution in [0, 0.1) is 0 Å². The molecular weight excluding hydrogens is 326 g/mol. The van der Waals surface area contributed by atoms with Crippen LogP contribution >= 0.6 is 0 Å². The fourth-order valence-corrected chi connectivity index (χ4v) is 3.33. The molecule has 4 nitrogen and oxygen atoms in total. The Labute approximate surface area is 155 Å². The molecule has 0 aromatic heterocycles. The molecule has 0 saturated carbocycles. The number of carbonyl (C=O) groups excluding carboxylic acids is 1. The van der Waals surface area contributed by atoms with Gasteiger partial charge in [0, 0.05) is 18.2 Å². The molecule has 0 spiro atoms. The van der Waals surface area contributed by atoms with Crippen molar-refractivity contribution in [3.63, 3.8) is 0 Å². The fourth-order valence-electron chi connectivity index (χ4n) is 3.33. The molecule has 1 aliphatic rings. The predicted molar refractivity (Wildman–Crippen MR) is 103 cm³/mol. The van der Waals surface area contributed by atoms with Gasteiger partial charge in [0.05, 0.1) is 6.61 Å². The smallest absolute Gasteiger partial charge is 0.254 e. The van der Waals surface area contributed by atoms with Crippen LogP contribution in [-0.2, 0) is 6.61 Å². The lowest BCUT2D eigenvalue weighted by atomic mass is 10.0. The van der Waals surface area contributed by atoms with Gasteiger partial charge in [0.2, 0.25) is 0 Å². The van der Waals surface area contributed by atoms with Gasteiger partial charge in [-0.1, -0.05) is 12.1 Å². The van der Waals surface area contributed by atoms with Gasteiger partial charge in [0.25, 0.3) is 5.91 Å². The van der Waals surface area contributed by atoms with E-state index >= 15 is 0 Å². The lowest BCUT2D eigenvalue weighted by Crippen LogP contribution is -2.42. The standard InChI is InChI=1S/C22H27NO3/c1-3-25-20-10-12-21(13-11-20)26-16-18-8-6-9-19(15-18)22(24)23-14-5-4-7-17(23)2/h6,8-13,15,17H,3-5,7,14,16H2,1-2H3/t17-/m1/s1. The third-order valence-corrected chi connectivity index (χ3v) is 4.78. The molecule has 1 amide bonds. The summed E-state index contributed by atoms with van der Waals surface area (Å²) in [5, 5.41) is 0. The van der Waals surface area contributed by atoms with Crippen molar-refractivity contribution in [2.45, 2.75) is 45.8 Å². The zero-order chi connectivity index (χ0) is 18.4. The maximum atomic E-state index is 12.8. The molecule has 26 heavy (non-hydrogen) atoms. The predicted octanol–water partition coefficient (Wildman–Crippen LogP) is 4.68. The Morgan fingerprint density at radius 1 is 1.08 bits per heavy atom. The highest BCUT2D eigenvalue weighted by Crippen LogP contribution is 2.21. The zero-order valence-electron chi connectivity index (χ0n) is 15.6. The van der Waals surface area contributed by atoms with Crippen molar-refractivity contribution in [1.82, 2.24) is 4.90 Å². The molecule has 4 heteroatoms. The molecule has 0 radical (unpaired) electrons. The molecule has 0 N–H and O–H groups in total. The van der Waals surface area contributed by atoms with Gasteiger partial charge >= 0.3 is 0 Å². The van der Waals surface area contributed by atoms with Crippen LogP contribution in [0.25, 0.3) is 0 Å². The first-order chi connectivity index (χ1) is 12.7. The topological polar surface area (TPSA) is 38.8 Å². The van der Waals surface area contributed by atoms with Gasteiger partial charge < -0.3 is 14.4 Å². The fraction of sp³-hybridized carbons (Fsp3) is 0.409. The molecule has 1 saturated heterocycles.